The van der Waals surface area contributed by atoms with Gasteiger partial charge in [-0.05, 0) is 12.8 Å². The third-order valence-corrected chi connectivity index (χ3v) is 2.35. The Morgan fingerprint density at radius 1 is 1.38 bits per heavy atom. The maximum Gasteiger partial charge on any atom is 0.309 e. The molecule has 5 nitrogen and oxygen atoms in total. The largest absolute Gasteiger partial charge is 0.481 e. The third-order valence-electron chi connectivity index (χ3n) is 2.35. The van der Waals surface area contributed by atoms with E-state index in [2.05, 4.69) is 0 Å². The van der Waals surface area contributed by atoms with Gasteiger partial charge < -0.3 is 14.3 Å². The quantitative estimate of drug-likeness (QED) is 0.533. The third kappa shape index (κ3) is 5.11. The van der Waals surface area contributed by atoms with Crippen molar-refractivity contribution in [1.82, 2.24) is 0 Å². The molecule has 0 heterocycles. The van der Waals surface area contributed by atoms with E-state index in [1.807, 2.05) is 21.1 Å². The van der Waals surface area contributed by atoms with Crippen molar-refractivity contribution in [3.63, 3.8) is 0 Å². The van der Waals surface area contributed by atoms with Gasteiger partial charge in [-0.15, -0.1) is 0 Å². The lowest BCUT2D eigenvalue weighted by Crippen LogP contribution is -2.44. The van der Waals surface area contributed by atoms with E-state index in [0.29, 0.717) is 11.0 Å². The molecule has 5 heteroatoms. The normalized spacial score (nSPS) is 17.9. The smallest absolute Gasteiger partial charge is 0.309 e. The van der Waals surface area contributed by atoms with Gasteiger partial charge in [0.25, 0.3) is 0 Å². The second-order valence-electron chi connectivity index (χ2n) is 5.40. The Kier molecular flexibility index (Phi) is 3.91. The lowest BCUT2D eigenvalue weighted by atomic mass is 10.2. The summed E-state index contributed by atoms with van der Waals surface area (Å²) in [6.07, 6.45) is 1.12. The minimum atomic E-state index is -0.929. The predicted molar refractivity (Wildman–Crippen MR) is 57.8 cm³/mol. The Morgan fingerprint density at radius 3 is 2.31 bits per heavy atom. The SMILES string of the molecule is C[N+](C)(C)CC(CC(=O)O)OC(=O)C1CC1. The van der Waals surface area contributed by atoms with Gasteiger partial charge in [0.05, 0.1) is 33.5 Å². The fraction of sp³-hybridized carbons (Fsp3) is 0.818. The highest BCUT2D eigenvalue weighted by Gasteiger charge is 2.34. The predicted octanol–water partition coefficient (Wildman–Crippen LogP) is 0.489. The van der Waals surface area contributed by atoms with Crippen LogP contribution in [0.1, 0.15) is 19.3 Å². The van der Waals surface area contributed by atoms with Crippen LogP contribution < -0.4 is 0 Å². The minimum absolute atomic E-state index is 0.0174. The lowest BCUT2D eigenvalue weighted by Gasteiger charge is -2.28. The molecule has 0 bridgehead atoms. The van der Waals surface area contributed by atoms with Gasteiger partial charge in [-0.25, -0.2) is 0 Å². The van der Waals surface area contributed by atoms with E-state index in [1.54, 1.807) is 0 Å². The minimum Gasteiger partial charge on any atom is -0.481 e. The fourth-order valence-corrected chi connectivity index (χ4v) is 1.53. The molecule has 0 aromatic carbocycles. The van der Waals surface area contributed by atoms with Crippen molar-refractivity contribution in [2.75, 3.05) is 27.7 Å². The van der Waals surface area contributed by atoms with Gasteiger partial charge in [-0.2, -0.15) is 0 Å². The molecule has 0 aromatic rings. The summed E-state index contributed by atoms with van der Waals surface area (Å²) >= 11 is 0. The Labute approximate surface area is 95.6 Å². The summed E-state index contributed by atoms with van der Waals surface area (Å²) in [5.74, 6) is -1.15. The maximum absolute atomic E-state index is 11.5. The summed E-state index contributed by atoms with van der Waals surface area (Å²) < 4.78 is 5.81. The van der Waals surface area contributed by atoms with Gasteiger partial charge >= 0.3 is 11.9 Å². The number of carbonyl (C=O) groups is 2. The van der Waals surface area contributed by atoms with Gasteiger partial charge in [0.1, 0.15) is 6.54 Å². The first-order chi connectivity index (χ1) is 7.28. The zero-order chi connectivity index (χ0) is 12.3. The monoisotopic (exact) mass is 230 g/mol. The number of nitrogens with zero attached hydrogens (tertiary/aromatic N) is 1. The molecule has 0 aromatic heterocycles. The topological polar surface area (TPSA) is 63.6 Å². The molecule has 92 valence electrons. The van der Waals surface area contributed by atoms with Crippen molar-refractivity contribution in [3.8, 4) is 0 Å². The second kappa shape index (κ2) is 4.82. The molecule has 1 aliphatic rings. The highest BCUT2D eigenvalue weighted by atomic mass is 16.5. The summed E-state index contributed by atoms with van der Waals surface area (Å²) in [5.41, 5.74) is 0. The Balaban J connectivity index is 2.48. The number of carbonyl (C=O) groups excluding carboxylic acids is 1. The number of carboxylic acids is 1. The van der Waals surface area contributed by atoms with Crippen molar-refractivity contribution < 1.29 is 23.9 Å². The molecule has 1 atom stereocenters. The molecule has 0 amide bonds. The highest BCUT2D eigenvalue weighted by Crippen LogP contribution is 2.30. The van der Waals surface area contributed by atoms with E-state index in [1.165, 1.54) is 0 Å². The summed E-state index contributed by atoms with van der Waals surface area (Å²) in [4.78, 5) is 22.1. The van der Waals surface area contributed by atoms with E-state index in [0.717, 1.165) is 12.8 Å². The van der Waals surface area contributed by atoms with Crippen LogP contribution in [0.25, 0.3) is 0 Å². The number of rotatable bonds is 6. The molecule has 1 unspecified atom stereocenters. The van der Waals surface area contributed by atoms with E-state index >= 15 is 0 Å². The van der Waals surface area contributed by atoms with Crippen LogP contribution >= 0.6 is 0 Å². The van der Waals surface area contributed by atoms with Crippen LogP contribution in [0, 0.1) is 5.92 Å². The number of hydrogen-bond donors (Lipinski definition) is 1. The van der Waals surface area contributed by atoms with Crippen LogP contribution in [0.4, 0.5) is 0 Å². The molecule has 0 radical (unpaired) electrons. The zero-order valence-corrected chi connectivity index (χ0v) is 10.1. The summed E-state index contributed by atoms with van der Waals surface area (Å²) in [6, 6.07) is 0. The maximum atomic E-state index is 11.5. The van der Waals surface area contributed by atoms with Crippen LogP contribution in [0.3, 0.4) is 0 Å². The van der Waals surface area contributed by atoms with E-state index in [9.17, 15) is 9.59 Å². The Bertz CT molecular complexity index is 278. The molecule has 0 aliphatic heterocycles. The number of aliphatic carboxylic acids is 1. The standard InChI is InChI=1S/C11H19NO4/c1-12(2,3)7-9(6-10(13)14)16-11(15)8-4-5-8/h8-9H,4-7H2,1-3H3/p+1. The summed E-state index contributed by atoms with van der Waals surface area (Å²) in [7, 11) is 5.83. The molecular formula is C11H20NO4+. The summed E-state index contributed by atoms with van der Waals surface area (Å²) in [6.45, 7) is 0.519. The molecule has 1 rings (SSSR count). The first kappa shape index (κ1) is 13.0. The molecule has 0 spiro atoms. The number of quaternary nitrogens is 1. The number of likely N-dealkylation sites (N-methyl/N-ethyl adjacent to an activating group) is 1. The first-order valence-corrected chi connectivity index (χ1v) is 5.50. The number of esters is 1. The number of carboxylic acid groups (broad SMARTS) is 1. The van der Waals surface area contributed by atoms with Gasteiger partial charge in [0, 0.05) is 0 Å². The van der Waals surface area contributed by atoms with Crippen molar-refractivity contribution in [2.45, 2.75) is 25.4 Å². The average Bonchev–Trinajstić information content (AvgIpc) is 2.79. The van der Waals surface area contributed by atoms with E-state index < -0.39 is 12.1 Å². The van der Waals surface area contributed by atoms with Crippen molar-refractivity contribution in [2.24, 2.45) is 5.92 Å². The summed E-state index contributed by atoms with van der Waals surface area (Å²) in [5, 5.41) is 8.75. The van der Waals surface area contributed by atoms with Gasteiger partial charge in [-0.1, -0.05) is 0 Å². The lowest BCUT2D eigenvalue weighted by molar-refractivity contribution is -0.873. The van der Waals surface area contributed by atoms with E-state index in [4.69, 9.17) is 9.84 Å². The van der Waals surface area contributed by atoms with Crippen LogP contribution in [-0.2, 0) is 14.3 Å². The van der Waals surface area contributed by atoms with Crippen LogP contribution in [-0.4, -0.2) is 55.3 Å². The molecule has 1 N–H and O–H groups in total. The number of hydrogen-bond acceptors (Lipinski definition) is 3. The fourth-order valence-electron chi connectivity index (χ4n) is 1.53. The van der Waals surface area contributed by atoms with Crippen LogP contribution in [0.2, 0.25) is 0 Å². The molecule has 16 heavy (non-hydrogen) atoms. The molecule has 1 fully saturated rings. The highest BCUT2D eigenvalue weighted by molar-refractivity contribution is 5.75. The molecular weight excluding hydrogens is 210 g/mol. The van der Waals surface area contributed by atoms with Gasteiger partial charge in [-0.3, -0.25) is 9.59 Å². The molecule has 0 saturated heterocycles. The Morgan fingerprint density at radius 2 is 1.94 bits per heavy atom. The second-order valence-corrected chi connectivity index (χ2v) is 5.40. The van der Waals surface area contributed by atoms with Crippen molar-refractivity contribution in [3.05, 3.63) is 0 Å². The molecule has 1 aliphatic carbocycles. The first-order valence-electron chi connectivity index (χ1n) is 5.50. The van der Waals surface area contributed by atoms with Crippen molar-refractivity contribution in [1.29, 1.82) is 0 Å². The number of ether oxygens (including phenoxy) is 1. The van der Waals surface area contributed by atoms with E-state index in [-0.39, 0.29) is 18.3 Å². The molecule has 1 saturated carbocycles. The van der Waals surface area contributed by atoms with Gasteiger partial charge in [0.15, 0.2) is 6.10 Å². The van der Waals surface area contributed by atoms with Crippen molar-refractivity contribution >= 4 is 11.9 Å². The zero-order valence-electron chi connectivity index (χ0n) is 10.1. The van der Waals surface area contributed by atoms with Crippen LogP contribution in [0.15, 0.2) is 0 Å². The Hall–Kier alpha value is -1.10. The van der Waals surface area contributed by atoms with Crippen LogP contribution in [0.5, 0.6) is 0 Å². The average molecular weight is 230 g/mol. The van der Waals surface area contributed by atoms with Gasteiger partial charge in [0.2, 0.25) is 0 Å².